The van der Waals surface area contributed by atoms with E-state index in [0.717, 1.165) is 5.56 Å². The van der Waals surface area contributed by atoms with Crippen LogP contribution in [0.3, 0.4) is 0 Å². The molecule has 0 bridgehead atoms. The van der Waals surface area contributed by atoms with Crippen LogP contribution in [0.1, 0.15) is 12.5 Å². The fourth-order valence-electron chi connectivity index (χ4n) is 1.08. The van der Waals surface area contributed by atoms with Gasteiger partial charge in [0.1, 0.15) is 0 Å². The summed E-state index contributed by atoms with van der Waals surface area (Å²) in [4.78, 5) is 0.243. The number of benzene rings is 1. The maximum Gasteiger partial charge on any atom is 0.178 e. The normalized spacial score (nSPS) is 11.6. The van der Waals surface area contributed by atoms with Crippen LogP contribution >= 0.6 is 11.6 Å². The van der Waals surface area contributed by atoms with Crippen molar-refractivity contribution in [2.75, 3.05) is 5.75 Å². The number of sulfone groups is 1. The molecule has 0 amide bonds. The second kappa shape index (κ2) is 4.29. The topological polar surface area (TPSA) is 60.2 Å². The standard InChI is InChI=1S/C9H12ClNO2S/c1-2-14(12,13)9-4-7(6-11)3-8(10)5-9/h3-5H,2,6,11H2,1H3. The average molecular weight is 234 g/mol. The molecule has 0 fully saturated rings. The van der Waals surface area contributed by atoms with Crippen LogP contribution in [0.25, 0.3) is 0 Å². The minimum absolute atomic E-state index is 0.0668. The first-order valence-corrected chi connectivity index (χ1v) is 6.25. The van der Waals surface area contributed by atoms with Crippen molar-refractivity contribution < 1.29 is 8.42 Å². The Morgan fingerprint density at radius 1 is 1.36 bits per heavy atom. The van der Waals surface area contributed by atoms with E-state index < -0.39 is 9.84 Å². The van der Waals surface area contributed by atoms with Gasteiger partial charge in [-0.25, -0.2) is 8.42 Å². The Kier molecular flexibility index (Phi) is 3.53. The SMILES string of the molecule is CCS(=O)(=O)c1cc(Cl)cc(CN)c1. The maximum absolute atomic E-state index is 11.5. The van der Waals surface area contributed by atoms with Crippen LogP contribution < -0.4 is 5.73 Å². The largest absolute Gasteiger partial charge is 0.326 e. The molecule has 14 heavy (non-hydrogen) atoms. The fourth-order valence-corrected chi connectivity index (χ4v) is 2.38. The molecule has 0 aliphatic rings. The number of nitrogens with two attached hydrogens (primary N) is 1. The van der Waals surface area contributed by atoms with Crippen LogP contribution in [0.5, 0.6) is 0 Å². The van der Waals surface area contributed by atoms with E-state index in [9.17, 15) is 8.42 Å². The van der Waals surface area contributed by atoms with E-state index >= 15 is 0 Å². The zero-order valence-electron chi connectivity index (χ0n) is 7.83. The molecule has 78 valence electrons. The lowest BCUT2D eigenvalue weighted by Crippen LogP contribution is -2.05. The monoisotopic (exact) mass is 233 g/mol. The molecule has 3 nitrogen and oxygen atoms in total. The van der Waals surface area contributed by atoms with Crippen LogP contribution in [0.4, 0.5) is 0 Å². The van der Waals surface area contributed by atoms with Crippen molar-refractivity contribution >= 4 is 21.4 Å². The Balaban J connectivity index is 3.29. The Morgan fingerprint density at radius 2 is 2.00 bits per heavy atom. The lowest BCUT2D eigenvalue weighted by Gasteiger charge is -2.04. The highest BCUT2D eigenvalue weighted by atomic mass is 35.5. The molecule has 1 rings (SSSR count). The summed E-state index contributed by atoms with van der Waals surface area (Å²) < 4.78 is 23.0. The van der Waals surface area contributed by atoms with E-state index in [-0.39, 0.29) is 17.2 Å². The fraction of sp³-hybridized carbons (Fsp3) is 0.333. The minimum Gasteiger partial charge on any atom is -0.326 e. The third-order valence-electron chi connectivity index (χ3n) is 1.91. The third-order valence-corrected chi connectivity index (χ3v) is 3.84. The van der Waals surface area contributed by atoms with Crippen molar-refractivity contribution in [1.29, 1.82) is 0 Å². The lowest BCUT2D eigenvalue weighted by atomic mass is 10.2. The average Bonchev–Trinajstić information content (AvgIpc) is 2.16. The van der Waals surface area contributed by atoms with E-state index in [0.29, 0.717) is 5.02 Å². The quantitative estimate of drug-likeness (QED) is 0.863. The smallest absolute Gasteiger partial charge is 0.178 e. The van der Waals surface area contributed by atoms with Gasteiger partial charge in [0, 0.05) is 11.6 Å². The summed E-state index contributed by atoms with van der Waals surface area (Å²) in [6, 6.07) is 4.67. The molecule has 1 aromatic carbocycles. The molecule has 1 aromatic rings. The van der Waals surface area contributed by atoms with Crippen molar-refractivity contribution in [3.8, 4) is 0 Å². The zero-order chi connectivity index (χ0) is 10.8. The van der Waals surface area contributed by atoms with E-state index in [1.54, 1.807) is 19.1 Å². The van der Waals surface area contributed by atoms with Gasteiger partial charge in [0.05, 0.1) is 10.6 Å². The molecular weight excluding hydrogens is 222 g/mol. The third kappa shape index (κ3) is 2.47. The van der Waals surface area contributed by atoms with E-state index in [2.05, 4.69) is 0 Å². The predicted molar refractivity (Wildman–Crippen MR) is 57.1 cm³/mol. The second-order valence-corrected chi connectivity index (χ2v) is 5.62. The molecule has 0 aliphatic carbocycles. The van der Waals surface area contributed by atoms with Gasteiger partial charge in [0.15, 0.2) is 9.84 Å². The van der Waals surface area contributed by atoms with E-state index in [4.69, 9.17) is 17.3 Å². The summed E-state index contributed by atoms with van der Waals surface area (Å²) >= 11 is 5.77. The van der Waals surface area contributed by atoms with Crippen LogP contribution in [0.2, 0.25) is 5.02 Å². The maximum atomic E-state index is 11.5. The summed E-state index contributed by atoms with van der Waals surface area (Å²) in [5.74, 6) is 0.0668. The lowest BCUT2D eigenvalue weighted by molar-refractivity contribution is 0.597. The first kappa shape index (κ1) is 11.5. The van der Waals surface area contributed by atoms with Crippen LogP contribution in [-0.4, -0.2) is 14.2 Å². The summed E-state index contributed by atoms with van der Waals surface area (Å²) in [5, 5.41) is 0.403. The molecule has 0 heterocycles. The van der Waals surface area contributed by atoms with E-state index in [1.807, 2.05) is 0 Å². The molecule has 0 saturated heterocycles. The molecule has 5 heteroatoms. The first-order chi connectivity index (χ1) is 6.49. The van der Waals surface area contributed by atoms with E-state index in [1.165, 1.54) is 6.07 Å². The van der Waals surface area contributed by atoms with Gasteiger partial charge < -0.3 is 5.73 Å². The van der Waals surface area contributed by atoms with Gasteiger partial charge in [-0.15, -0.1) is 0 Å². The van der Waals surface area contributed by atoms with Gasteiger partial charge in [0.2, 0.25) is 0 Å². The molecule has 0 aromatic heterocycles. The van der Waals surface area contributed by atoms with Gasteiger partial charge in [-0.1, -0.05) is 18.5 Å². The predicted octanol–water partition coefficient (Wildman–Crippen LogP) is 1.59. The molecule has 2 N–H and O–H groups in total. The molecule has 0 atom stereocenters. The number of rotatable bonds is 3. The summed E-state index contributed by atoms with van der Waals surface area (Å²) in [6.07, 6.45) is 0. The Bertz CT molecular complexity index is 428. The molecule has 0 spiro atoms. The van der Waals surface area contributed by atoms with Gasteiger partial charge >= 0.3 is 0 Å². The Labute approximate surface area is 88.8 Å². The minimum atomic E-state index is -3.19. The first-order valence-electron chi connectivity index (χ1n) is 4.22. The molecular formula is C9H12ClNO2S. The Hall–Kier alpha value is -0.580. The highest BCUT2D eigenvalue weighted by Gasteiger charge is 2.12. The van der Waals surface area contributed by atoms with Gasteiger partial charge in [-0.2, -0.15) is 0 Å². The zero-order valence-corrected chi connectivity index (χ0v) is 9.40. The molecule has 0 radical (unpaired) electrons. The summed E-state index contributed by atoms with van der Waals surface area (Å²) in [7, 11) is -3.19. The van der Waals surface area contributed by atoms with Gasteiger partial charge in [0.25, 0.3) is 0 Å². The van der Waals surface area contributed by atoms with Gasteiger partial charge in [-0.3, -0.25) is 0 Å². The van der Waals surface area contributed by atoms with Crippen molar-refractivity contribution in [3.63, 3.8) is 0 Å². The number of hydrogen-bond acceptors (Lipinski definition) is 3. The molecule has 0 aliphatic heterocycles. The van der Waals surface area contributed by atoms with Crippen LogP contribution in [0, 0.1) is 0 Å². The van der Waals surface area contributed by atoms with Crippen LogP contribution in [0.15, 0.2) is 23.1 Å². The molecule has 0 saturated carbocycles. The highest BCUT2D eigenvalue weighted by molar-refractivity contribution is 7.91. The number of halogens is 1. The summed E-state index contributed by atoms with van der Waals surface area (Å²) in [5.41, 5.74) is 6.15. The number of hydrogen-bond donors (Lipinski definition) is 1. The summed E-state index contributed by atoms with van der Waals surface area (Å²) in [6.45, 7) is 1.88. The van der Waals surface area contributed by atoms with Crippen molar-refractivity contribution in [3.05, 3.63) is 28.8 Å². The van der Waals surface area contributed by atoms with Crippen molar-refractivity contribution in [1.82, 2.24) is 0 Å². The van der Waals surface area contributed by atoms with Crippen LogP contribution in [-0.2, 0) is 16.4 Å². The Morgan fingerprint density at radius 3 is 2.50 bits per heavy atom. The van der Waals surface area contributed by atoms with Crippen molar-refractivity contribution in [2.45, 2.75) is 18.4 Å². The highest BCUT2D eigenvalue weighted by Crippen LogP contribution is 2.19. The van der Waals surface area contributed by atoms with Crippen molar-refractivity contribution in [2.24, 2.45) is 5.73 Å². The second-order valence-electron chi connectivity index (χ2n) is 2.90. The van der Waals surface area contributed by atoms with Gasteiger partial charge in [-0.05, 0) is 23.8 Å². The molecule has 0 unspecified atom stereocenters.